The van der Waals surface area contributed by atoms with Crippen LogP contribution >= 0.6 is 23.2 Å². The second-order valence-corrected chi connectivity index (χ2v) is 7.19. The Balaban J connectivity index is 1.96. The lowest BCUT2D eigenvalue weighted by atomic mass is 10.1. The zero-order valence-electron chi connectivity index (χ0n) is 14.4. The molecule has 1 unspecified atom stereocenters. The minimum atomic E-state index is -0.838. The predicted octanol–water partition coefficient (Wildman–Crippen LogP) is 3.70. The van der Waals surface area contributed by atoms with Gasteiger partial charge in [-0.3, -0.25) is 9.69 Å². The molecule has 1 aromatic rings. The second-order valence-electron chi connectivity index (χ2n) is 6.38. The van der Waals surface area contributed by atoms with Gasteiger partial charge in [0.2, 0.25) is 0 Å². The number of urea groups is 1. The fourth-order valence-corrected chi connectivity index (χ4v) is 3.47. The summed E-state index contributed by atoms with van der Waals surface area (Å²) >= 11 is 12.2. The normalized spacial score (nSPS) is 18.1. The number of benzene rings is 1. The number of carboxylic acid groups (broad SMARTS) is 1. The topological polar surface area (TPSA) is 72.9 Å². The van der Waals surface area contributed by atoms with Gasteiger partial charge in [-0.1, -0.05) is 23.2 Å². The number of carbonyl (C=O) groups excluding carboxylic acids is 1. The molecule has 0 radical (unpaired) electrons. The Labute approximate surface area is 157 Å². The third-order valence-electron chi connectivity index (χ3n) is 4.53. The Bertz CT molecular complexity index is 631. The van der Waals surface area contributed by atoms with Crippen molar-refractivity contribution in [1.29, 1.82) is 0 Å². The molecule has 138 valence electrons. The minimum Gasteiger partial charge on any atom is -0.480 e. The first-order valence-corrected chi connectivity index (χ1v) is 8.97. The van der Waals surface area contributed by atoms with E-state index >= 15 is 0 Å². The van der Waals surface area contributed by atoms with E-state index in [0.29, 0.717) is 28.8 Å². The molecule has 0 saturated carbocycles. The largest absolute Gasteiger partial charge is 0.480 e. The Morgan fingerprint density at radius 1 is 1.28 bits per heavy atom. The van der Waals surface area contributed by atoms with Gasteiger partial charge in [0.1, 0.15) is 0 Å². The van der Waals surface area contributed by atoms with Crippen LogP contribution in [0, 0.1) is 6.92 Å². The summed E-state index contributed by atoms with van der Waals surface area (Å²) in [5, 5.41) is 12.8. The van der Waals surface area contributed by atoms with Gasteiger partial charge in [-0.15, -0.1) is 0 Å². The van der Waals surface area contributed by atoms with Gasteiger partial charge in [0.15, 0.2) is 0 Å². The van der Waals surface area contributed by atoms with Crippen molar-refractivity contribution in [3.05, 3.63) is 27.7 Å². The number of likely N-dealkylation sites (tertiary alicyclic amines) is 1. The minimum absolute atomic E-state index is 0.0111. The summed E-state index contributed by atoms with van der Waals surface area (Å²) in [6, 6.07) is 3.33. The molecule has 0 aromatic heterocycles. The van der Waals surface area contributed by atoms with E-state index in [9.17, 15) is 9.59 Å². The highest BCUT2D eigenvalue weighted by Crippen LogP contribution is 2.28. The van der Waals surface area contributed by atoms with Crippen molar-refractivity contribution in [3.8, 4) is 0 Å². The van der Waals surface area contributed by atoms with Gasteiger partial charge in [0.25, 0.3) is 0 Å². The Hall–Kier alpha value is -1.50. The van der Waals surface area contributed by atoms with Crippen LogP contribution in [0.15, 0.2) is 12.1 Å². The number of hydrogen-bond donors (Lipinski definition) is 2. The molecule has 2 N–H and O–H groups in total. The quantitative estimate of drug-likeness (QED) is 0.825. The van der Waals surface area contributed by atoms with Crippen LogP contribution in [0.3, 0.4) is 0 Å². The molecule has 1 aliphatic heterocycles. The van der Waals surface area contributed by atoms with Gasteiger partial charge >= 0.3 is 12.0 Å². The van der Waals surface area contributed by atoms with Crippen LogP contribution in [-0.2, 0) is 4.79 Å². The van der Waals surface area contributed by atoms with Crippen LogP contribution in [0.25, 0.3) is 0 Å². The zero-order chi connectivity index (χ0) is 18.6. The highest BCUT2D eigenvalue weighted by molar-refractivity contribution is 6.36. The Morgan fingerprint density at radius 2 is 1.92 bits per heavy atom. The second kappa shape index (κ2) is 8.74. The van der Waals surface area contributed by atoms with Gasteiger partial charge in [-0.25, -0.2) is 4.79 Å². The van der Waals surface area contributed by atoms with E-state index in [4.69, 9.17) is 28.3 Å². The maximum absolute atomic E-state index is 12.5. The molecule has 1 atom stereocenters. The lowest BCUT2D eigenvalue weighted by Gasteiger charge is -2.25. The lowest BCUT2D eigenvalue weighted by molar-refractivity contribution is -0.138. The van der Waals surface area contributed by atoms with Crippen molar-refractivity contribution in [1.82, 2.24) is 9.80 Å². The molecule has 0 spiro atoms. The summed E-state index contributed by atoms with van der Waals surface area (Å²) in [5.41, 5.74) is 1.34. The first-order valence-electron chi connectivity index (χ1n) is 8.21. The summed E-state index contributed by atoms with van der Waals surface area (Å²) in [7, 11) is 1.81. The molecule has 2 rings (SSSR count). The molecule has 1 saturated heterocycles. The number of rotatable bonds is 4. The average molecular weight is 388 g/mol. The standard InChI is InChI=1S/C17H23Cl2N3O3/c1-11-14(18)8-12(9-15(11)19)20-17(25)22-6-3-4-13(5-7-22)21(2)10-16(23)24/h8-9,13H,3-7,10H2,1-2H3,(H,20,25)(H,23,24). The number of likely N-dealkylation sites (N-methyl/N-ethyl adjacent to an activating group) is 1. The summed E-state index contributed by atoms with van der Waals surface area (Å²) < 4.78 is 0. The Kier molecular flexibility index (Phi) is 6.93. The first kappa shape index (κ1) is 19.8. The van der Waals surface area contributed by atoms with Crippen molar-refractivity contribution in [3.63, 3.8) is 0 Å². The molecule has 6 nitrogen and oxygen atoms in total. The predicted molar refractivity (Wildman–Crippen MR) is 99.7 cm³/mol. The molecule has 1 heterocycles. The van der Waals surface area contributed by atoms with Crippen molar-refractivity contribution in [2.24, 2.45) is 0 Å². The monoisotopic (exact) mass is 387 g/mol. The number of carboxylic acids is 1. The zero-order valence-corrected chi connectivity index (χ0v) is 15.9. The SMILES string of the molecule is Cc1c(Cl)cc(NC(=O)N2CCCC(N(C)CC(=O)O)CC2)cc1Cl. The third-order valence-corrected chi connectivity index (χ3v) is 5.31. The van der Waals surface area contributed by atoms with Gasteiger partial charge < -0.3 is 15.3 Å². The van der Waals surface area contributed by atoms with Crippen LogP contribution in [0.5, 0.6) is 0 Å². The molecular weight excluding hydrogens is 365 g/mol. The van der Waals surface area contributed by atoms with E-state index in [1.165, 1.54) is 0 Å². The third kappa shape index (κ3) is 5.49. The molecule has 1 aliphatic rings. The number of amides is 2. The number of hydrogen-bond acceptors (Lipinski definition) is 3. The van der Waals surface area contributed by atoms with Gasteiger partial charge in [-0.05, 0) is 50.9 Å². The number of carbonyl (C=O) groups is 2. The van der Waals surface area contributed by atoms with E-state index in [-0.39, 0.29) is 18.6 Å². The summed E-state index contributed by atoms with van der Waals surface area (Å²) in [5.74, 6) is -0.838. The van der Waals surface area contributed by atoms with E-state index < -0.39 is 5.97 Å². The smallest absolute Gasteiger partial charge is 0.321 e. The number of halogens is 2. The fraction of sp³-hybridized carbons (Fsp3) is 0.529. The molecule has 25 heavy (non-hydrogen) atoms. The fourth-order valence-electron chi connectivity index (χ4n) is 2.99. The van der Waals surface area contributed by atoms with Crippen LogP contribution in [-0.4, -0.2) is 59.6 Å². The summed E-state index contributed by atoms with van der Waals surface area (Å²) in [6.07, 6.45) is 2.44. The highest BCUT2D eigenvalue weighted by Gasteiger charge is 2.24. The number of nitrogens with one attached hydrogen (secondary N) is 1. The van der Waals surface area contributed by atoms with Crippen molar-refractivity contribution >= 4 is 40.9 Å². The maximum Gasteiger partial charge on any atom is 0.321 e. The van der Waals surface area contributed by atoms with Crippen LogP contribution < -0.4 is 5.32 Å². The molecule has 2 amide bonds. The molecule has 8 heteroatoms. The summed E-state index contributed by atoms with van der Waals surface area (Å²) in [4.78, 5) is 26.9. The van der Waals surface area contributed by atoms with Gasteiger partial charge in [-0.2, -0.15) is 0 Å². The molecule has 1 fully saturated rings. The van der Waals surface area contributed by atoms with E-state index in [1.54, 1.807) is 17.0 Å². The van der Waals surface area contributed by atoms with E-state index in [0.717, 1.165) is 24.8 Å². The van der Waals surface area contributed by atoms with Crippen molar-refractivity contribution < 1.29 is 14.7 Å². The van der Waals surface area contributed by atoms with Gasteiger partial charge in [0, 0.05) is 34.9 Å². The molecule has 0 aliphatic carbocycles. The molecule has 0 bridgehead atoms. The number of anilines is 1. The lowest BCUT2D eigenvalue weighted by Crippen LogP contribution is -2.38. The van der Waals surface area contributed by atoms with Crippen LogP contribution in [0.1, 0.15) is 24.8 Å². The first-order chi connectivity index (χ1) is 11.8. The highest BCUT2D eigenvalue weighted by atomic mass is 35.5. The molecular formula is C17H23Cl2N3O3. The van der Waals surface area contributed by atoms with Gasteiger partial charge in [0.05, 0.1) is 6.54 Å². The average Bonchev–Trinajstić information content (AvgIpc) is 2.78. The van der Waals surface area contributed by atoms with Crippen LogP contribution in [0.4, 0.5) is 10.5 Å². The van der Waals surface area contributed by atoms with Crippen molar-refractivity contribution in [2.45, 2.75) is 32.2 Å². The Morgan fingerprint density at radius 3 is 2.52 bits per heavy atom. The number of aliphatic carboxylic acids is 1. The van der Waals surface area contributed by atoms with E-state index in [2.05, 4.69) is 5.32 Å². The summed E-state index contributed by atoms with van der Waals surface area (Å²) in [6.45, 7) is 3.04. The van der Waals surface area contributed by atoms with E-state index in [1.807, 2.05) is 18.9 Å². The number of nitrogens with zero attached hydrogens (tertiary/aromatic N) is 2. The van der Waals surface area contributed by atoms with Crippen molar-refractivity contribution in [2.75, 3.05) is 32.0 Å². The van der Waals surface area contributed by atoms with Crippen LogP contribution in [0.2, 0.25) is 10.0 Å². The molecule has 1 aromatic carbocycles. The maximum atomic E-state index is 12.5.